The fourth-order valence-corrected chi connectivity index (χ4v) is 2.38. The number of fused-ring (bicyclic) bond motifs is 1. The van der Waals surface area contributed by atoms with Crippen molar-refractivity contribution in [1.29, 1.82) is 0 Å². The lowest BCUT2D eigenvalue weighted by atomic mass is 9.79. The number of rotatable bonds is 1. The molecule has 0 bridgehead atoms. The van der Waals surface area contributed by atoms with E-state index in [9.17, 15) is 9.90 Å². The summed E-state index contributed by atoms with van der Waals surface area (Å²) in [5, 5.41) is 9.28. The molecule has 0 fully saturated rings. The van der Waals surface area contributed by atoms with Crippen LogP contribution in [0.2, 0.25) is 0 Å². The zero-order valence-electron chi connectivity index (χ0n) is 11.9. The van der Waals surface area contributed by atoms with Crippen LogP contribution in [-0.2, 0) is 4.79 Å². The van der Waals surface area contributed by atoms with E-state index in [1.807, 2.05) is 45.2 Å². The number of aliphatic carboxylic acids is 1. The number of carboxylic acid groups (broad SMARTS) is 1. The molecule has 1 heterocycles. The maximum atomic E-state index is 11.3. The van der Waals surface area contributed by atoms with E-state index in [2.05, 4.69) is 18.7 Å². The van der Waals surface area contributed by atoms with Gasteiger partial charge in [-0.25, -0.2) is 0 Å². The van der Waals surface area contributed by atoms with Crippen molar-refractivity contribution in [3.05, 3.63) is 29.8 Å². The van der Waals surface area contributed by atoms with E-state index < -0.39 is 5.97 Å². The number of anilines is 1. The Morgan fingerprint density at radius 2 is 1.89 bits per heavy atom. The lowest BCUT2D eigenvalue weighted by Gasteiger charge is -2.45. The Morgan fingerprint density at radius 1 is 1.33 bits per heavy atom. The second-order valence-corrected chi connectivity index (χ2v) is 5.03. The van der Waals surface area contributed by atoms with Crippen LogP contribution in [0, 0.1) is 0 Å². The molecule has 1 aliphatic rings. The van der Waals surface area contributed by atoms with Crippen LogP contribution in [0.5, 0.6) is 0 Å². The number of hydrogen-bond donors (Lipinski definition) is 1. The zero-order chi connectivity index (χ0) is 13.9. The van der Waals surface area contributed by atoms with Gasteiger partial charge in [-0.1, -0.05) is 32.0 Å². The summed E-state index contributed by atoms with van der Waals surface area (Å²) in [4.78, 5) is 13.5. The lowest BCUT2D eigenvalue weighted by Crippen LogP contribution is -2.47. The number of para-hydroxylation sites is 1. The summed E-state index contributed by atoms with van der Waals surface area (Å²) in [6.07, 6.45) is 0.649. The first-order valence-electron chi connectivity index (χ1n) is 6.49. The Bertz CT molecular complexity index is 426. The van der Waals surface area contributed by atoms with Crippen molar-refractivity contribution in [2.75, 3.05) is 11.9 Å². The molecular weight excluding hydrogens is 226 g/mol. The van der Waals surface area contributed by atoms with Crippen molar-refractivity contribution in [2.45, 2.75) is 45.6 Å². The molecule has 3 heteroatoms. The maximum Gasteiger partial charge on any atom is 0.311 e. The van der Waals surface area contributed by atoms with Crippen molar-refractivity contribution in [3.8, 4) is 0 Å². The first-order chi connectivity index (χ1) is 8.43. The molecule has 100 valence electrons. The van der Waals surface area contributed by atoms with Crippen molar-refractivity contribution < 1.29 is 9.90 Å². The molecule has 1 N–H and O–H groups in total. The highest BCUT2D eigenvalue weighted by molar-refractivity contribution is 5.81. The lowest BCUT2D eigenvalue weighted by molar-refractivity contribution is -0.139. The van der Waals surface area contributed by atoms with Gasteiger partial charge in [0.05, 0.1) is 5.92 Å². The molecule has 0 amide bonds. The standard InChI is InChI=1S/C13H17NO2.C2H6/c1-13(2)8-10(12(15)16)9-6-4-5-7-11(9)14(13)3;1-2/h4-7,10H,8H2,1-3H3,(H,15,16);1-2H3. The van der Waals surface area contributed by atoms with Crippen LogP contribution in [0.3, 0.4) is 0 Å². The summed E-state index contributed by atoms with van der Waals surface area (Å²) in [7, 11) is 2.02. The fourth-order valence-electron chi connectivity index (χ4n) is 2.38. The monoisotopic (exact) mass is 249 g/mol. The number of carbonyl (C=O) groups is 1. The molecule has 1 aromatic rings. The van der Waals surface area contributed by atoms with Crippen molar-refractivity contribution in [3.63, 3.8) is 0 Å². The third-order valence-corrected chi connectivity index (χ3v) is 3.58. The van der Waals surface area contributed by atoms with Crippen molar-refractivity contribution in [1.82, 2.24) is 0 Å². The summed E-state index contributed by atoms with van der Waals surface area (Å²) < 4.78 is 0. The number of benzene rings is 1. The Hall–Kier alpha value is -1.51. The molecule has 0 radical (unpaired) electrons. The third kappa shape index (κ3) is 2.50. The normalized spacial score (nSPS) is 20.5. The van der Waals surface area contributed by atoms with Gasteiger partial charge in [0.15, 0.2) is 0 Å². The molecule has 0 saturated carbocycles. The molecule has 2 rings (SSSR count). The molecule has 1 unspecified atom stereocenters. The topological polar surface area (TPSA) is 40.5 Å². The van der Waals surface area contributed by atoms with Crippen LogP contribution < -0.4 is 4.90 Å². The molecule has 0 aliphatic carbocycles. The van der Waals surface area contributed by atoms with E-state index in [1.54, 1.807) is 0 Å². The average Bonchev–Trinajstić information content (AvgIpc) is 2.36. The minimum Gasteiger partial charge on any atom is -0.481 e. The van der Waals surface area contributed by atoms with Crippen LogP contribution in [-0.4, -0.2) is 23.7 Å². The second kappa shape index (κ2) is 5.42. The van der Waals surface area contributed by atoms with Gasteiger partial charge in [0.1, 0.15) is 0 Å². The van der Waals surface area contributed by atoms with Crippen LogP contribution in [0.1, 0.15) is 45.6 Å². The van der Waals surface area contributed by atoms with Gasteiger partial charge in [0.2, 0.25) is 0 Å². The Morgan fingerprint density at radius 3 is 2.44 bits per heavy atom. The van der Waals surface area contributed by atoms with Gasteiger partial charge in [0, 0.05) is 18.3 Å². The van der Waals surface area contributed by atoms with E-state index in [0.717, 1.165) is 11.3 Å². The van der Waals surface area contributed by atoms with Gasteiger partial charge < -0.3 is 10.0 Å². The fraction of sp³-hybridized carbons (Fsp3) is 0.533. The zero-order valence-corrected chi connectivity index (χ0v) is 11.9. The van der Waals surface area contributed by atoms with Crippen molar-refractivity contribution in [2.24, 2.45) is 0 Å². The van der Waals surface area contributed by atoms with Crippen molar-refractivity contribution >= 4 is 11.7 Å². The minimum atomic E-state index is -0.728. The third-order valence-electron chi connectivity index (χ3n) is 3.58. The van der Waals surface area contributed by atoms with E-state index >= 15 is 0 Å². The summed E-state index contributed by atoms with van der Waals surface area (Å²) in [6, 6.07) is 7.77. The maximum absolute atomic E-state index is 11.3. The van der Waals surface area contributed by atoms with Gasteiger partial charge in [-0.05, 0) is 31.9 Å². The van der Waals surface area contributed by atoms with Gasteiger partial charge in [-0.3, -0.25) is 4.79 Å². The minimum absolute atomic E-state index is 0.114. The molecule has 0 spiro atoms. The predicted molar refractivity (Wildman–Crippen MR) is 75.3 cm³/mol. The van der Waals surface area contributed by atoms with E-state index in [4.69, 9.17) is 0 Å². The molecule has 18 heavy (non-hydrogen) atoms. The molecule has 0 saturated heterocycles. The van der Waals surface area contributed by atoms with Crippen LogP contribution in [0.15, 0.2) is 24.3 Å². The predicted octanol–water partition coefficient (Wildman–Crippen LogP) is 3.50. The number of nitrogens with zero attached hydrogens (tertiary/aromatic N) is 1. The van der Waals surface area contributed by atoms with E-state index in [-0.39, 0.29) is 11.5 Å². The van der Waals surface area contributed by atoms with Gasteiger partial charge in [-0.15, -0.1) is 0 Å². The molecule has 1 aliphatic heterocycles. The highest BCUT2D eigenvalue weighted by Gasteiger charge is 2.38. The van der Waals surface area contributed by atoms with Crippen LogP contribution in [0.4, 0.5) is 5.69 Å². The molecule has 0 aromatic heterocycles. The number of carboxylic acids is 1. The van der Waals surface area contributed by atoms with E-state index in [1.165, 1.54) is 0 Å². The largest absolute Gasteiger partial charge is 0.481 e. The summed E-state index contributed by atoms with van der Waals surface area (Å²) >= 11 is 0. The van der Waals surface area contributed by atoms with Gasteiger partial charge >= 0.3 is 5.97 Å². The molecular formula is C15H23NO2. The molecule has 1 aromatic carbocycles. The highest BCUT2D eigenvalue weighted by atomic mass is 16.4. The van der Waals surface area contributed by atoms with E-state index in [0.29, 0.717) is 6.42 Å². The summed E-state index contributed by atoms with van der Waals surface area (Å²) in [5.41, 5.74) is 1.85. The second-order valence-electron chi connectivity index (χ2n) is 5.03. The Labute approximate surface area is 109 Å². The highest BCUT2D eigenvalue weighted by Crippen LogP contribution is 2.42. The first-order valence-corrected chi connectivity index (χ1v) is 6.49. The smallest absolute Gasteiger partial charge is 0.311 e. The molecule has 3 nitrogen and oxygen atoms in total. The van der Waals surface area contributed by atoms with Crippen LogP contribution in [0.25, 0.3) is 0 Å². The van der Waals surface area contributed by atoms with Gasteiger partial charge in [-0.2, -0.15) is 0 Å². The average molecular weight is 249 g/mol. The summed E-state index contributed by atoms with van der Waals surface area (Å²) in [5.74, 6) is -1.11. The Kier molecular flexibility index (Phi) is 4.38. The Balaban J connectivity index is 0.000000771. The van der Waals surface area contributed by atoms with Gasteiger partial charge in [0.25, 0.3) is 0 Å². The summed E-state index contributed by atoms with van der Waals surface area (Å²) in [6.45, 7) is 8.16. The first kappa shape index (κ1) is 14.6. The molecule has 1 atom stereocenters. The SMILES string of the molecule is CC.CN1c2ccccc2C(C(=O)O)CC1(C)C. The quantitative estimate of drug-likeness (QED) is 0.828. The van der Waals surface area contributed by atoms with Crippen LogP contribution >= 0.6 is 0 Å². The number of hydrogen-bond acceptors (Lipinski definition) is 2.